The smallest absolute Gasteiger partial charge is 0.163 e. The molecule has 1 saturated heterocycles. The van der Waals surface area contributed by atoms with Crippen molar-refractivity contribution >= 4 is 8.07 Å². The molecule has 0 amide bonds. The molecule has 2 unspecified atom stereocenters. The molecule has 4 atom stereocenters. The lowest BCUT2D eigenvalue weighted by Crippen LogP contribution is -2.42. The first-order valence-corrected chi connectivity index (χ1v) is 10.6. The van der Waals surface area contributed by atoms with Crippen molar-refractivity contribution in [2.24, 2.45) is 0 Å². The molecule has 1 aliphatic rings. The Hall–Kier alpha value is 0.0169. The highest BCUT2D eigenvalue weighted by Gasteiger charge is 2.39. The molecule has 0 radical (unpaired) electrons. The Morgan fingerprint density at radius 1 is 1.21 bits per heavy atom. The van der Waals surface area contributed by atoms with Gasteiger partial charge in [-0.25, -0.2) is 0 Å². The van der Waals surface area contributed by atoms with Gasteiger partial charge in [-0.05, 0) is 19.9 Å². The lowest BCUT2D eigenvalue weighted by atomic mass is 10.0. The van der Waals surface area contributed by atoms with Crippen LogP contribution in [0.2, 0.25) is 25.7 Å². The van der Waals surface area contributed by atoms with Crippen molar-refractivity contribution in [3.8, 4) is 0 Å². The van der Waals surface area contributed by atoms with Gasteiger partial charge in [0.1, 0.15) is 12.2 Å². The molecule has 1 fully saturated rings. The van der Waals surface area contributed by atoms with E-state index in [1.54, 1.807) is 13.8 Å². The van der Waals surface area contributed by atoms with Gasteiger partial charge in [-0.15, -0.1) is 0 Å². The molecule has 0 spiro atoms. The number of rotatable bonds is 6. The predicted octanol–water partition coefficient (Wildman–Crippen LogP) is 0.949. The van der Waals surface area contributed by atoms with Crippen LogP contribution in [0.4, 0.5) is 0 Å². The first-order chi connectivity index (χ1) is 8.50. The largest absolute Gasteiger partial charge is 0.393 e. The zero-order valence-electron chi connectivity index (χ0n) is 12.6. The number of aliphatic hydroxyl groups excluding tert-OH is 3. The molecular formula is C13H28O5Si. The Morgan fingerprint density at radius 3 is 2.21 bits per heavy atom. The third kappa shape index (κ3) is 5.89. The molecule has 0 aromatic carbocycles. The fourth-order valence-electron chi connectivity index (χ4n) is 2.34. The van der Waals surface area contributed by atoms with Gasteiger partial charge < -0.3 is 24.8 Å². The van der Waals surface area contributed by atoms with Crippen molar-refractivity contribution in [3.63, 3.8) is 0 Å². The van der Waals surface area contributed by atoms with Crippen molar-refractivity contribution in [3.05, 3.63) is 0 Å². The molecule has 0 bridgehead atoms. The van der Waals surface area contributed by atoms with E-state index in [4.69, 9.17) is 9.47 Å². The molecular weight excluding hydrogens is 264 g/mol. The second kappa shape index (κ2) is 6.20. The number of aliphatic hydroxyl groups is 3. The van der Waals surface area contributed by atoms with Crippen LogP contribution in [0.15, 0.2) is 0 Å². The average molecular weight is 292 g/mol. The maximum atomic E-state index is 10.0. The summed E-state index contributed by atoms with van der Waals surface area (Å²) in [5.74, 6) is -0.720. The van der Waals surface area contributed by atoms with E-state index < -0.39 is 38.3 Å². The fraction of sp³-hybridized carbons (Fsp3) is 1.00. The summed E-state index contributed by atoms with van der Waals surface area (Å²) in [5.41, 5.74) is 0. The second-order valence-corrected chi connectivity index (χ2v) is 12.6. The lowest BCUT2D eigenvalue weighted by Gasteiger charge is -2.27. The second-order valence-electron chi connectivity index (χ2n) is 7.08. The maximum absolute atomic E-state index is 10.0. The van der Waals surface area contributed by atoms with Crippen LogP contribution in [0.3, 0.4) is 0 Å². The molecule has 1 rings (SSSR count). The minimum absolute atomic E-state index is 0.172. The quantitative estimate of drug-likeness (QED) is 0.635. The van der Waals surface area contributed by atoms with Crippen LogP contribution in [0.1, 0.15) is 20.3 Å². The highest BCUT2D eigenvalue weighted by atomic mass is 28.3. The van der Waals surface area contributed by atoms with E-state index in [1.807, 2.05) is 0 Å². The highest BCUT2D eigenvalue weighted by Crippen LogP contribution is 2.26. The van der Waals surface area contributed by atoms with Crippen molar-refractivity contribution in [1.29, 1.82) is 0 Å². The van der Waals surface area contributed by atoms with E-state index in [0.29, 0.717) is 6.04 Å². The van der Waals surface area contributed by atoms with Crippen molar-refractivity contribution < 1.29 is 24.8 Å². The first kappa shape index (κ1) is 17.1. The minimum Gasteiger partial charge on any atom is -0.393 e. The van der Waals surface area contributed by atoms with E-state index >= 15 is 0 Å². The van der Waals surface area contributed by atoms with E-state index in [9.17, 15) is 15.3 Å². The standard InChI is InChI=1S/C13H28O5Si/c1-13(2)17-7-11(18-13)12(16)10(15)6-9(14)8-19(3,4)5/h9-12,14-16H,6-8H2,1-5H3/t9?,10-,11?,12+/m1/s1. The van der Waals surface area contributed by atoms with Gasteiger partial charge in [-0.2, -0.15) is 0 Å². The van der Waals surface area contributed by atoms with Crippen molar-refractivity contribution in [2.45, 2.75) is 76.2 Å². The molecule has 0 aromatic rings. The van der Waals surface area contributed by atoms with Crippen LogP contribution in [-0.2, 0) is 9.47 Å². The van der Waals surface area contributed by atoms with Gasteiger partial charge in [-0.3, -0.25) is 0 Å². The molecule has 0 aliphatic carbocycles. The van der Waals surface area contributed by atoms with Crippen molar-refractivity contribution in [1.82, 2.24) is 0 Å². The molecule has 19 heavy (non-hydrogen) atoms. The Kier molecular flexibility index (Phi) is 5.57. The SMILES string of the molecule is CC1(C)OCC([C@@H](O)[C@H](O)CC(O)C[Si](C)(C)C)O1. The van der Waals surface area contributed by atoms with Crippen molar-refractivity contribution in [2.75, 3.05) is 6.61 Å². The normalized spacial score (nSPS) is 28.1. The maximum Gasteiger partial charge on any atom is 0.163 e. The topological polar surface area (TPSA) is 79.2 Å². The zero-order valence-corrected chi connectivity index (χ0v) is 13.6. The Labute approximate surface area is 116 Å². The van der Waals surface area contributed by atoms with E-state index in [0.717, 1.165) is 0 Å². The third-order valence-electron chi connectivity index (χ3n) is 3.17. The summed E-state index contributed by atoms with van der Waals surface area (Å²) in [5, 5.41) is 30.0. The zero-order chi connectivity index (χ0) is 14.8. The molecule has 3 N–H and O–H groups in total. The van der Waals surface area contributed by atoms with Crippen LogP contribution < -0.4 is 0 Å². The predicted molar refractivity (Wildman–Crippen MR) is 75.7 cm³/mol. The fourth-order valence-corrected chi connectivity index (χ4v) is 3.92. The summed E-state index contributed by atoms with van der Waals surface area (Å²) in [6.45, 7) is 10.3. The highest BCUT2D eigenvalue weighted by molar-refractivity contribution is 6.76. The Bertz CT molecular complexity index is 289. The summed E-state index contributed by atoms with van der Waals surface area (Å²) in [4.78, 5) is 0. The average Bonchev–Trinajstić information content (AvgIpc) is 2.54. The van der Waals surface area contributed by atoms with Gasteiger partial charge in [-0.1, -0.05) is 19.6 Å². The molecule has 5 nitrogen and oxygen atoms in total. The van der Waals surface area contributed by atoms with Gasteiger partial charge in [0, 0.05) is 14.5 Å². The third-order valence-corrected chi connectivity index (χ3v) is 4.86. The van der Waals surface area contributed by atoms with Gasteiger partial charge in [0.25, 0.3) is 0 Å². The molecule has 1 aliphatic heterocycles. The molecule has 114 valence electrons. The number of hydrogen-bond donors (Lipinski definition) is 3. The molecule has 6 heteroatoms. The summed E-state index contributed by atoms with van der Waals surface area (Å²) < 4.78 is 10.9. The summed E-state index contributed by atoms with van der Waals surface area (Å²) in [6, 6.07) is 0.713. The van der Waals surface area contributed by atoms with E-state index in [-0.39, 0.29) is 13.0 Å². The van der Waals surface area contributed by atoms with E-state index in [1.165, 1.54) is 0 Å². The molecule has 0 saturated carbocycles. The molecule has 0 aromatic heterocycles. The van der Waals surface area contributed by atoms with E-state index in [2.05, 4.69) is 19.6 Å². The van der Waals surface area contributed by atoms with Crippen LogP contribution >= 0.6 is 0 Å². The van der Waals surface area contributed by atoms with Crippen LogP contribution in [0.5, 0.6) is 0 Å². The Morgan fingerprint density at radius 2 is 1.79 bits per heavy atom. The summed E-state index contributed by atoms with van der Waals surface area (Å²) in [6.07, 6.45) is -2.96. The summed E-state index contributed by atoms with van der Waals surface area (Å²) in [7, 11) is -1.38. The number of ether oxygens (including phenoxy) is 2. The monoisotopic (exact) mass is 292 g/mol. The Balaban J connectivity index is 2.43. The van der Waals surface area contributed by atoms with Crippen LogP contribution in [0.25, 0.3) is 0 Å². The van der Waals surface area contributed by atoms with Gasteiger partial charge in [0.2, 0.25) is 0 Å². The molecule has 1 heterocycles. The van der Waals surface area contributed by atoms with Crippen LogP contribution in [-0.4, -0.2) is 60.2 Å². The first-order valence-electron chi connectivity index (χ1n) is 6.86. The van der Waals surface area contributed by atoms with Gasteiger partial charge in [0.05, 0.1) is 18.8 Å². The van der Waals surface area contributed by atoms with Gasteiger partial charge >= 0.3 is 0 Å². The lowest BCUT2D eigenvalue weighted by molar-refractivity contribution is -0.161. The number of hydrogen-bond acceptors (Lipinski definition) is 5. The van der Waals surface area contributed by atoms with Gasteiger partial charge in [0.15, 0.2) is 5.79 Å². The minimum atomic E-state index is -1.38. The summed E-state index contributed by atoms with van der Waals surface area (Å²) >= 11 is 0. The van der Waals surface area contributed by atoms with Crippen LogP contribution in [0, 0.1) is 0 Å².